The third-order valence-corrected chi connectivity index (χ3v) is 3.89. The van der Waals surface area contributed by atoms with E-state index in [1.807, 2.05) is 31.2 Å². The Morgan fingerprint density at radius 3 is 2.59 bits per heavy atom. The number of esters is 1. The van der Waals surface area contributed by atoms with Crippen molar-refractivity contribution in [3.8, 4) is 11.5 Å². The summed E-state index contributed by atoms with van der Waals surface area (Å²) in [5.74, 6) is 0.236. The minimum atomic E-state index is -0.423. The molecule has 0 saturated heterocycles. The van der Waals surface area contributed by atoms with Gasteiger partial charge >= 0.3 is 5.97 Å². The summed E-state index contributed by atoms with van der Waals surface area (Å²) in [6.07, 6.45) is 0.541. The van der Waals surface area contributed by atoms with Crippen LogP contribution in [0.25, 0.3) is 11.5 Å². The van der Waals surface area contributed by atoms with Gasteiger partial charge in [-0.2, -0.15) is 0 Å². The molecule has 1 aromatic heterocycles. The summed E-state index contributed by atoms with van der Waals surface area (Å²) >= 11 is 0. The molecule has 27 heavy (non-hydrogen) atoms. The Kier molecular flexibility index (Phi) is 5.61. The molecule has 138 valence electrons. The molecule has 3 aromatic rings. The largest absolute Gasteiger partial charge is 0.465 e. The number of aryl methyl sites for hydroxylation is 2. The highest BCUT2D eigenvalue weighted by Gasteiger charge is 2.11. The highest BCUT2D eigenvalue weighted by Crippen LogP contribution is 2.19. The van der Waals surface area contributed by atoms with Crippen LogP contribution in [0.3, 0.4) is 0 Å². The van der Waals surface area contributed by atoms with Crippen LogP contribution in [0, 0.1) is 6.92 Å². The van der Waals surface area contributed by atoms with E-state index in [4.69, 9.17) is 4.42 Å². The first-order chi connectivity index (χ1) is 13.0. The number of carbonyl (C=O) groups is 2. The standard InChI is InChI=1S/C20H19N3O4/c1-13-4-3-5-15(12-13)19-23-22-18(27-19)11-10-17(24)21-16-8-6-14(7-9-16)20(25)26-2/h3-9,12H,10-11H2,1-2H3,(H,21,24). The smallest absolute Gasteiger partial charge is 0.337 e. The second-order valence-electron chi connectivity index (χ2n) is 5.99. The highest BCUT2D eigenvalue weighted by atomic mass is 16.5. The van der Waals surface area contributed by atoms with Crippen LogP contribution in [0.2, 0.25) is 0 Å². The first-order valence-electron chi connectivity index (χ1n) is 8.43. The predicted octanol–water partition coefficient (Wildman–Crippen LogP) is 3.40. The summed E-state index contributed by atoms with van der Waals surface area (Å²) in [5.41, 5.74) is 2.97. The zero-order chi connectivity index (χ0) is 19.2. The molecule has 0 aliphatic carbocycles. The molecular formula is C20H19N3O4. The maximum atomic E-state index is 12.1. The van der Waals surface area contributed by atoms with Gasteiger partial charge in [0.2, 0.25) is 17.7 Å². The lowest BCUT2D eigenvalue weighted by Gasteiger charge is -2.05. The SMILES string of the molecule is COC(=O)c1ccc(NC(=O)CCc2nnc(-c3cccc(C)c3)o2)cc1. The maximum Gasteiger partial charge on any atom is 0.337 e. The van der Waals surface area contributed by atoms with Crippen molar-refractivity contribution in [2.24, 2.45) is 0 Å². The van der Waals surface area contributed by atoms with Crippen LogP contribution in [0.1, 0.15) is 28.2 Å². The van der Waals surface area contributed by atoms with E-state index in [-0.39, 0.29) is 12.3 Å². The average molecular weight is 365 g/mol. The van der Waals surface area contributed by atoms with Gasteiger partial charge in [-0.25, -0.2) is 4.79 Å². The Morgan fingerprint density at radius 1 is 1.11 bits per heavy atom. The fourth-order valence-electron chi connectivity index (χ4n) is 2.50. The van der Waals surface area contributed by atoms with Crippen molar-refractivity contribution >= 4 is 17.6 Å². The molecule has 0 atom stereocenters. The third kappa shape index (κ3) is 4.78. The summed E-state index contributed by atoms with van der Waals surface area (Å²) in [4.78, 5) is 23.5. The van der Waals surface area contributed by atoms with Gasteiger partial charge in [-0.3, -0.25) is 4.79 Å². The number of carbonyl (C=O) groups excluding carboxylic acids is 2. The first-order valence-corrected chi connectivity index (χ1v) is 8.43. The number of rotatable bonds is 6. The Balaban J connectivity index is 1.54. The van der Waals surface area contributed by atoms with Gasteiger partial charge in [-0.1, -0.05) is 17.7 Å². The van der Waals surface area contributed by atoms with Gasteiger partial charge in [0.25, 0.3) is 0 Å². The minimum Gasteiger partial charge on any atom is -0.465 e. The number of hydrogen-bond donors (Lipinski definition) is 1. The van der Waals surface area contributed by atoms with Gasteiger partial charge in [0.1, 0.15) is 0 Å². The van der Waals surface area contributed by atoms with Gasteiger partial charge in [0.05, 0.1) is 12.7 Å². The van der Waals surface area contributed by atoms with E-state index in [1.165, 1.54) is 7.11 Å². The van der Waals surface area contributed by atoms with Crippen LogP contribution in [0.5, 0.6) is 0 Å². The molecule has 0 aliphatic rings. The maximum absolute atomic E-state index is 12.1. The fraction of sp³-hybridized carbons (Fsp3) is 0.200. The number of nitrogens with zero attached hydrogens (tertiary/aromatic N) is 2. The Labute approximate surface area is 156 Å². The lowest BCUT2D eigenvalue weighted by molar-refractivity contribution is -0.116. The zero-order valence-electron chi connectivity index (χ0n) is 15.1. The number of methoxy groups -OCH3 is 1. The summed E-state index contributed by atoms with van der Waals surface area (Å²) in [6, 6.07) is 14.2. The lowest BCUT2D eigenvalue weighted by atomic mass is 10.1. The van der Waals surface area contributed by atoms with E-state index < -0.39 is 5.97 Å². The van der Waals surface area contributed by atoms with Crippen LogP contribution in [0.15, 0.2) is 52.9 Å². The second-order valence-corrected chi connectivity index (χ2v) is 5.99. The van der Waals surface area contributed by atoms with Gasteiger partial charge < -0.3 is 14.5 Å². The average Bonchev–Trinajstić information content (AvgIpc) is 3.15. The minimum absolute atomic E-state index is 0.184. The molecule has 1 amide bonds. The number of hydrogen-bond acceptors (Lipinski definition) is 6. The summed E-state index contributed by atoms with van der Waals surface area (Å²) in [6.45, 7) is 1.99. The van der Waals surface area contributed by atoms with Crippen molar-refractivity contribution in [2.75, 3.05) is 12.4 Å². The Bertz CT molecular complexity index is 948. The number of amides is 1. The molecule has 7 heteroatoms. The number of anilines is 1. The van der Waals surface area contributed by atoms with Gasteiger partial charge in [0, 0.05) is 24.1 Å². The molecule has 7 nitrogen and oxygen atoms in total. The van der Waals surface area contributed by atoms with E-state index in [0.29, 0.717) is 29.5 Å². The monoisotopic (exact) mass is 365 g/mol. The molecule has 0 unspecified atom stereocenters. The molecule has 1 heterocycles. The molecule has 0 fully saturated rings. The van der Waals surface area contributed by atoms with Crippen LogP contribution < -0.4 is 5.32 Å². The molecule has 1 N–H and O–H groups in total. The topological polar surface area (TPSA) is 94.3 Å². The molecule has 0 aliphatic heterocycles. The summed E-state index contributed by atoms with van der Waals surface area (Å²) in [5, 5.41) is 10.8. The quantitative estimate of drug-likeness (QED) is 0.673. The van der Waals surface area contributed by atoms with Gasteiger partial charge in [0.15, 0.2) is 0 Å². The highest BCUT2D eigenvalue weighted by molar-refractivity contribution is 5.93. The summed E-state index contributed by atoms with van der Waals surface area (Å²) < 4.78 is 10.3. The molecular weight excluding hydrogens is 346 g/mol. The van der Waals surface area contributed by atoms with Crippen molar-refractivity contribution in [1.29, 1.82) is 0 Å². The number of nitrogens with one attached hydrogen (secondary N) is 1. The number of ether oxygens (including phenoxy) is 1. The Hall–Kier alpha value is -3.48. The van der Waals surface area contributed by atoms with E-state index in [0.717, 1.165) is 11.1 Å². The first kappa shape index (κ1) is 18.3. The number of benzene rings is 2. The van der Waals surface area contributed by atoms with Crippen molar-refractivity contribution in [2.45, 2.75) is 19.8 Å². The third-order valence-electron chi connectivity index (χ3n) is 3.89. The van der Waals surface area contributed by atoms with E-state index in [1.54, 1.807) is 24.3 Å². The predicted molar refractivity (Wildman–Crippen MR) is 99.2 cm³/mol. The van der Waals surface area contributed by atoms with Crippen LogP contribution >= 0.6 is 0 Å². The van der Waals surface area contributed by atoms with Crippen LogP contribution in [0.4, 0.5) is 5.69 Å². The molecule has 3 rings (SSSR count). The molecule has 2 aromatic carbocycles. The fourth-order valence-corrected chi connectivity index (χ4v) is 2.50. The molecule has 0 bridgehead atoms. The van der Waals surface area contributed by atoms with Crippen molar-refractivity contribution in [3.63, 3.8) is 0 Å². The lowest BCUT2D eigenvalue weighted by Crippen LogP contribution is -2.12. The van der Waals surface area contributed by atoms with E-state index >= 15 is 0 Å². The van der Waals surface area contributed by atoms with Gasteiger partial charge in [-0.15, -0.1) is 10.2 Å². The second kappa shape index (κ2) is 8.27. The molecule has 0 saturated carbocycles. The summed E-state index contributed by atoms with van der Waals surface area (Å²) in [7, 11) is 1.32. The van der Waals surface area contributed by atoms with Crippen LogP contribution in [-0.2, 0) is 16.0 Å². The molecule has 0 spiro atoms. The van der Waals surface area contributed by atoms with Crippen molar-refractivity contribution in [1.82, 2.24) is 10.2 Å². The van der Waals surface area contributed by atoms with Crippen molar-refractivity contribution in [3.05, 3.63) is 65.5 Å². The Morgan fingerprint density at radius 2 is 1.89 bits per heavy atom. The normalized spacial score (nSPS) is 10.4. The van der Waals surface area contributed by atoms with E-state index in [9.17, 15) is 9.59 Å². The van der Waals surface area contributed by atoms with Crippen LogP contribution in [-0.4, -0.2) is 29.2 Å². The number of aromatic nitrogens is 2. The zero-order valence-corrected chi connectivity index (χ0v) is 15.1. The molecule has 0 radical (unpaired) electrons. The van der Waals surface area contributed by atoms with Crippen molar-refractivity contribution < 1.29 is 18.7 Å². The van der Waals surface area contributed by atoms with Gasteiger partial charge in [-0.05, 0) is 43.3 Å². The van der Waals surface area contributed by atoms with E-state index in [2.05, 4.69) is 20.3 Å².